The van der Waals surface area contributed by atoms with Gasteiger partial charge in [-0.1, -0.05) is 24.6 Å². The second-order valence-corrected chi connectivity index (χ2v) is 8.61. The normalized spacial score (nSPS) is 14.1. The summed E-state index contributed by atoms with van der Waals surface area (Å²) in [6, 6.07) is 4.54. The number of hydrogen-bond acceptors (Lipinski definition) is 3. The molecule has 2 aromatic heterocycles. The summed E-state index contributed by atoms with van der Waals surface area (Å²) >= 11 is 0. The Labute approximate surface area is 168 Å². The molecule has 0 atom stereocenters. The third-order valence-electron chi connectivity index (χ3n) is 5.82. The average molecular weight is 377 g/mol. The zero-order valence-electron chi connectivity index (χ0n) is 18.1. The molecular formula is C24H32N4. The van der Waals surface area contributed by atoms with Crippen LogP contribution in [0, 0.1) is 33.6 Å². The highest BCUT2D eigenvalue weighted by Crippen LogP contribution is 2.38. The second kappa shape index (κ2) is 7.23. The van der Waals surface area contributed by atoms with Crippen LogP contribution in [-0.4, -0.2) is 27.6 Å². The van der Waals surface area contributed by atoms with E-state index in [-0.39, 0.29) is 0 Å². The lowest BCUT2D eigenvalue weighted by Gasteiger charge is -2.24. The summed E-state index contributed by atoms with van der Waals surface area (Å²) < 4.78 is 2.23. The maximum absolute atomic E-state index is 4.92. The number of aromatic nitrogens is 3. The van der Waals surface area contributed by atoms with Crippen molar-refractivity contribution in [3.05, 3.63) is 40.8 Å². The summed E-state index contributed by atoms with van der Waals surface area (Å²) in [6.07, 6.45) is 6.08. The standard InChI is InChI=1S/C24H32N4/c1-7-10-28(13-19-8-9-19)24-23-22(25-18(5)26-24)20(14-27(23)6)21-16(3)11-15(2)12-17(21)4/h11-12,14,19H,7-10,13H2,1-6H3. The number of benzene rings is 1. The fraction of sp³-hybridized carbons (Fsp3) is 0.500. The first-order chi connectivity index (χ1) is 13.4. The Balaban J connectivity index is 1.93. The molecule has 4 rings (SSSR count). The van der Waals surface area contributed by atoms with Crippen molar-refractivity contribution in [3.8, 4) is 11.1 Å². The van der Waals surface area contributed by atoms with Crippen LogP contribution >= 0.6 is 0 Å². The van der Waals surface area contributed by atoms with Crippen LogP contribution < -0.4 is 4.90 Å². The molecule has 0 spiro atoms. The zero-order chi connectivity index (χ0) is 20.0. The molecule has 1 saturated carbocycles. The van der Waals surface area contributed by atoms with Crippen LogP contribution in [-0.2, 0) is 7.05 Å². The van der Waals surface area contributed by atoms with E-state index < -0.39 is 0 Å². The zero-order valence-corrected chi connectivity index (χ0v) is 18.1. The molecule has 0 amide bonds. The first-order valence-electron chi connectivity index (χ1n) is 10.6. The van der Waals surface area contributed by atoms with Crippen molar-refractivity contribution in [2.45, 2.75) is 53.9 Å². The fourth-order valence-electron chi connectivity index (χ4n) is 4.56. The molecule has 148 valence electrons. The van der Waals surface area contributed by atoms with Gasteiger partial charge in [0, 0.05) is 31.9 Å². The Morgan fingerprint density at radius 3 is 2.36 bits per heavy atom. The number of nitrogens with zero attached hydrogens (tertiary/aromatic N) is 4. The van der Waals surface area contributed by atoms with Gasteiger partial charge in [0.05, 0.1) is 0 Å². The molecule has 3 aromatic rings. The number of anilines is 1. The number of hydrogen-bond donors (Lipinski definition) is 0. The molecule has 0 bridgehead atoms. The highest BCUT2D eigenvalue weighted by molar-refractivity contribution is 5.99. The maximum atomic E-state index is 4.92. The predicted molar refractivity (Wildman–Crippen MR) is 118 cm³/mol. The molecule has 0 unspecified atom stereocenters. The topological polar surface area (TPSA) is 34.0 Å². The Morgan fingerprint density at radius 1 is 1.07 bits per heavy atom. The van der Waals surface area contributed by atoms with Crippen LogP contribution in [0.5, 0.6) is 0 Å². The summed E-state index contributed by atoms with van der Waals surface area (Å²) in [5.41, 5.74) is 8.71. The van der Waals surface area contributed by atoms with Crippen LogP contribution in [0.3, 0.4) is 0 Å². The van der Waals surface area contributed by atoms with Gasteiger partial charge in [0.2, 0.25) is 0 Å². The number of rotatable bonds is 6. The molecule has 1 aliphatic carbocycles. The van der Waals surface area contributed by atoms with Gasteiger partial charge < -0.3 is 9.47 Å². The van der Waals surface area contributed by atoms with Crippen LogP contribution in [0.4, 0.5) is 5.82 Å². The van der Waals surface area contributed by atoms with Crippen molar-refractivity contribution in [1.29, 1.82) is 0 Å². The molecule has 0 saturated heterocycles. The second-order valence-electron chi connectivity index (χ2n) is 8.61. The molecule has 0 N–H and O–H groups in total. The lowest BCUT2D eigenvalue weighted by Crippen LogP contribution is -2.28. The van der Waals surface area contributed by atoms with Gasteiger partial charge in [0.25, 0.3) is 0 Å². The maximum Gasteiger partial charge on any atom is 0.156 e. The third kappa shape index (κ3) is 3.41. The summed E-state index contributed by atoms with van der Waals surface area (Å²) in [5.74, 6) is 2.79. The average Bonchev–Trinajstić information content (AvgIpc) is 3.37. The Morgan fingerprint density at radius 2 is 1.75 bits per heavy atom. The van der Waals surface area contributed by atoms with Crippen LogP contribution in [0.25, 0.3) is 22.2 Å². The summed E-state index contributed by atoms with van der Waals surface area (Å²) in [5, 5.41) is 0. The van der Waals surface area contributed by atoms with E-state index in [1.165, 1.54) is 40.7 Å². The van der Waals surface area contributed by atoms with E-state index in [0.29, 0.717) is 0 Å². The van der Waals surface area contributed by atoms with Gasteiger partial charge in [-0.2, -0.15) is 0 Å². The number of fused-ring (bicyclic) bond motifs is 1. The predicted octanol–water partition coefficient (Wildman–Crippen LogP) is 5.50. The van der Waals surface area contributed by atoms with E-state index in [1.54, 1.807) is 0 Å². The van der Waals surface area contributed by atoms with Gasteiger partial charge >= 0.3 is 0 Å². The third-order valence-corrected chi connectivity index (χ3v) is 5.82. The highest BCUT2D eigenvalue weighted by Gasteiger charge is 2.27. The lowest BCUT2D eigenvalue weighted by molar-refractivity contribution is 0.697. The van der Waals surface area contributed by atoms with E-state index in [1.807, 2.05) is 6.92 Å². The van der Waals surface area contributed by atoms with Crippen molar-refractivity contribution in [2.75, 3.05) is 18.0 Å². The van der Waals surface area contributed by atoms with Gasteiger partial charge in [-0.3, -0.25) is 0 Å². The van der Waals surface area contributed by atoms with Gasteiger partial charge in [0.1, 0.15) is 16.9 Å². The first-order valence-corrected chi connectivity index (χ1v) is 10.6. The molecule has 28 heavy (non-hydrogen) atoms. The smallest absolute Gasteiger partial charge is 0.156 e. The molecule has 1 fully saturated rings. The van der Waals surface area contributed by atoms with Crippen molar-refractivity contribution in [1.82, 2.24) is 14.5 Å². The molecule has 1 aromatic carbocycles. The van der Waals surface area contributed by atoms with Crippen molar-refractivity contribution in [3.63, 3.8) is 0 Å². The Bertz CT molecular complexity index is 1000. The van der Waals surface area contributed by atoms with Crippen LogP contribution in [0.2, 0.25) is 0 Å². The van der Waals surface area contributed by atoms with Gasteiger partial charge in [0.15, 0.2) is 5.82 Å². The summed E-state index contributed by atoms with van der Waals surface area (Å²) in [6.45, 7) is 13.0. The largest absolute Gasteiger partial charge is 0.354 e. The monoisotopic (exact) mass is 376 g/mol. The van der Waals surface area contributed by atoms with Crippen LogP contribution in [0.15, 0.2) is 18.3 Å². The van der Waals surface area contributed by atoms with Gasteiger partial charge in [-0.05, 0) is 69.6 Å². The highest BCUT2D eigenvalue weighted by atomic mass is 15.2. The quantitative estimate of drug-likeness (QED) is 0.570. The van der Waals surface area contributed by atoms with E-state index >= 15 is 0 Å². The minimum absolute atomic E-state index is 0.832. The SMILES string of the molecule is CCCN(CC1CC1)c1nc(C)nc2c(-c3c(C)cc(C)cc3C)cn(C)c12. The summed E-state index contributed by atoms with van der Waals surface area (Å²) in [7, 11) is 2.13. The minimum atomic E-state index is 0.832. The van der Waals surface area contributed by atoms with Crippen molar-refractivity contribution < 1.29 is 0 Å². The summed E-state index contributed by atoms with van der Waals surface area (Å²) in [4.78, 5) is 12.3. The van der Waals surface area contributed by atoms with E-state index in [9.17, 15) is 0 Å². The molecule has 4 heteroatoms. The van der Waals surface area contributed by atoms with Gasteiger partial charge in [-0.25, -0.2) is 9.97 Å². The molecular weight excluding hydrogens is 344 g/mol. The minimum Gasteiger partial charge on any atom is -0.354 e. The van der Waals surface area contributed by atoms with Crippen molar-refractivity contribution in [2.24, 2.45) is 13.0 Å². The van der Waals surface area contributed by atoms with Crippen LogP contribution in [0.1, 0.15) is 48.7 Å². The Hall–Kier alpha value is -2.36. The molecule has 0 aliphatic heterocycles. The first kappa shape index (κ1) is 19.0. The van der Waals surface area contributed by atoms with Gasteiger partial charge in [-0.15, -0.1) is 0 Å². The fourth-order valence-corrected chi connectivity index (χ4v) is 4.56. The van der Waals surface area contributed by atoms with Crippen molar-refractivity contribution >= 4 is 16.9 Å². The van der Waals surface area contributed by atoms with E-state index in [4.69, 9.17) is 9.97 Å². The molecule has 4 nitrogen and oxygen atoms in total. The number of aryl methyl sites for hydroxylation is 5. The van der Waals surface area contributed by atoms with E-state index in [0.717, 1.165) is 48.1 Å². The molecule has 0 radical (unpaired) electrons. The van der Waals surface area contributed by atoms with E-state index in [2.05, 4.69) is 62.5 Å². The molecule has 1 aliphatic rings. The molecule has 2 heterocycles. The Kier molecular flexibility index (Phi) is 4.90. The lowest BCUT2D eigenvalue weighted by atomic mass is 9.95.